The van der Waals surface area contributed by atoms with Crippen molar-refractivity contribution in [3.8, 4) is 5.75 Å². The summed E-state index contributed by atoms with van der Waals surface area (Å²) in [4.78, 5) is 24.7. The average Bonchev–Trinajstić information content (AvgIpc) is 3.17. The van der Waals surface area contributed by atoms with E-state index < -0.39 is 55.3 Å². The number of esters is 1. The van der Waals surface area contributed by atoms with Gasteiger partial charge in [0.1, 0.15) is 23.5 Å². The molecule has 0 bridgehead atoms. The predicted molar refractivity (Wildman–Crippen MR) is 141 cm³/mol. The minimum Gasteiger partial charge on any atom is -0.465 e. The van der Waals surface area contributed by atoms with Crippen molar-refractivity contribution in [2.24, 2.45) is 0 Å². The molecule has 14 nitrogen and oxygen atoms in total. The van der Waals surface area contributed by atoms with Gasteiger partial charge < -0.3 is 30.2 Å². The lowest BCUT2D eigenvalue weighted by molar-refractivity contribution is -0.144. The summed E-state index contributed by atoms with van der Waals surface area (Å²) < 4.78 is 53.6. The molecule has 2 unspecified atom stereocenters. The summed E-state index contributed by atoms with van der Waals surface area (Å²) in [6.07, 6.45) is -3.85. The Morgan fingerprint density at radius 1 is 1.38 bits per heavy atom. The molecule has 0 amide bonds. The molecule has 2 aromatic heterocycles. The number of nitrogen functional groups attached to an aromatic ring is 1. The number of nitrogens with zero attached hydrogens (tertiary/aromatic N) is 4. The van der Waals surface area contributed by atoms with Crippen LogP contribution < -0.4 is 20.7 Å². The molecular weight excluding hydrogens is 572 g/mol. The monoisotopic (exact) mass is 599 g/mol. The number of halogens is 2. The lowest BCUT2D eigenvalue weighted by Gasteiger charge is -2.27. The molecule has 216 valence electrons. The third-order valence-electron chi connectivity index (χ3n) is 6.77. The van der Waals surface area contributed by atoms with Crippen molar-refractivity contribution in [1.29, 1.82) is 0 Å². The maximum atomic E-state index is 16.1. The zero-order chi connectivity index (χ0) is 28.9. The Kier molecular flexibility index (Phi) is 7.40. The van der Waals surface area contributed by atoms with Crippen LogP contribution in [0.4, 0.5) is 16.2 Å². The highest BCUT2D eigenvalue weighted by molar-refractivity contribution is 7.52. The van der Waals surface area contributed by atoms with Crippen LogP contribution in [-0.2, 0) is 23.4 Å². The van der Waals surface area contributed by atoms with E-state index >= 15 is 4.39 Å². The molecule has 5 rings (SSSR count). The van der Waals surface area contributed by atoms with Crippen LogP contribution in [0, 0.1) is 0 Å². The van der Waals surface area contributed by atoms with Crippen LogP contribution in [0.15, 0.2) is 36.7 Å². The molecule has 17 heteroatoms. The van der Waals surface area contributed by atoms with Gasteiger partial charge in [-0.05, 0) is 26.0 Å². The van der Waals surface area contributed by atoms with E-state index in [2.05, 4.69) is 25.4 Å². The molecule has 3 aromatic rings. The van der Waals surface area contributed by atoms with E-state index in [4.69, 9.17) is 35.9 Å². The molecule has 2 fully saturated rings. The SMILES string of the molecule is CCOC(=O)[C@@H](C)NP(=O)(Oc1ccccc1)OC1[C@@]2(CCl)O[C@@H](n3cnc4c(NC)nc(N)nc43)[C@H](F)[C@@]12O. The van der Waals surface area contributed by atoms with E-state index in [1.54, 1.807) is 32.2 Å². The number of benzene rings is 1. The summed E-state index contributed by atoms with van der Waals surface area (Å²) in [5.41, 5.74) is 2.08. The van der Waals surface area contributed by atoms with Gasteiger partial charge in [-0.25, -0.2) is 13.9 Å². The Morgan fingerprint density at radius 3 is 2.73 bits per heavy atom. The molecule has 40 heavy (non-hydrogen) atoms. The molecule has 1 aliphatic heterocycles. The molecule has 1 saturated carbocycles. The molecule has 1 aromatic carbocycles. The molecule has 5 N–H and O–H groups in total. The molecule has 3 heterocycles. The smallest absolute Gasteiger partial charge is 0.459 e. The van der Waals surface area contributed by atoms with Crippen molar-refractivity contribution in [3.63, 3.8) is 0 Å². The second-order valence-electron chi connectivity index (χ2n) is 9.25. The number of alkyl halides is 2. The van der Waals surface area contributed by atoms with Gasteiger partial charge in [0.15, 0.2) is 35.0 Å². The van der Waals surface area contributed by atoms with E-state index in [-0.39, 0.29) is 24.0 Å². The number of anilines is 2. The predicted octanol–water partition coefficient (Wildman–Crippen LogP) is 2.15. The van der Waals surface area contributed by atoms with Crippen LogP contribution in [0.3, 0.4) is 0 Å². The molecular formula is C23H28ClFN7O7P. The van der Waals surface area contributed by atoms with Crippen LogP contribution in [0.2, 0.25) is 0 Å². The highest BCUT2D eigenvalue weighted by Crippen LogP contribution is 2.69. The summed E-state index contributed by atoms with van der Waals surface area (Å²) >= 11 is 6.21. The maximum absolute atomic E-state index is 16.1. The zero-order valence-electron chi connectivity index (χ0n) is 21.7. The van der Waals surface area contributed by atoms with Gasteiger partial charge in [0, 0.05) is 7.05 Å². The standard InChI is InChI=1S/C23H28ClFN7O7P/c1-4-36-19(33)12(2)31-40(35,38-13-8-6-5-7-9-13)39-20-22(10-24)23(20,34)15(25)18(37-22)32-11-28-14-16(27-3)29-21(26)30-17(14)32/h5-9,11-12,15,18,20,34H,4,10H2,1-3H3,(H,31,35)(H3,26,27,29,30)/t12-,15+,18-,20?,22-,23-,40?/m1/s1. The molecule has 1 aliphatic carbocycles. The van der Waals surface area contributed by atoms with Gasteiger partial charge in [0.05, 0.1) is 18.8 Å². The van der Waals surface area contributed by atoms with Crippen molar-refractivity contribution in [2.75, 3.05) is 30.6 Å². The number of carbonyl (C=O) groups excluding carboxylic acids is 1. The molecule has 0 spiro atoms. The lowest BCUT2D eigenvalue weighted by atomic mass is 10.1. The Morgan fingerprint density at radius 2 is 2.10 bits per heavy atom. The zero-order valence-corrected chi connectivity index (χ0v) is 23.3. The first-order valence-corrected chi connectivity index (χ1v) is 14.4. The lowest BCUT2D eigenvalue weighted by Crippen LogP contribution is -2.38. The van der Waals surface area contributed by atoms with Crippen LogP contribution in [0.5, 0.6) is 5.75 Å². The van der Waals surface area contributed by atoms with Crippen molar-refractivity contribution in [3.05, 3.63) is 36.7 Å². The minimum atomic E-state index is -4.46. The number of nitrogens with two attached hydrogens (primary N) is 1. The van der Waals surface area contributed by atoms with E-state index in [9.17, 15) is 14.5 Å². The number of hydrogen-bond acceptors (Lipinski definition) is 12. The van der Waals surface area contributed by atoms with Crippen LogP contribution in [0.25, 0.3) is 11.2 Å². The van der Waals surface area contributed by atoms with Gasteiger partial charge in [0.2, 0.25) is 5.95 Å². The summed E-state index contributed by atoms with van der Waals surface area (Å²) in [6, 6.07) is 6.84. The molecule has 2 aliphatic rings. The topological polar surface area (TPSA) is 185 Å². The summed E-state index contributed by atoms with van der Waals surface area (Å²) in [6.45, 7) is 3.09. The first kappa shape index (κ1) is 28.5. The van der Waals surface area contributed by atoms with Crippen molar-refractivity contribution < 1.29 is 37.4 Å². The number of aromatic nitrogens is 4. The van der Waals surface area contributed by atoms with E-state index in [1.807, 2.05) is 0 Å². The summed E-state index contributed by atoms with van der Waals surface area (Å²) in [7, 11) is -2.85. The van der Waals surface area contributed by atoms with Gasteiger partial charge in [-0.1, -0.05) is 18.2 Å². The van der Waals surface area contributed by atoms with Crippen molar-refractivity contribution >= 4 is 48.2 Å². The highest BCUT2D eigenvalue weighted by atomic mass is 35.5. The molecule has 1 saturated heterocycles. The van der Waals surface area contributed by atoms with E-state index in [0.29, 0.717) is 11.3 Å². The van der Waals surface area contributed by atoms with Crippen LogP contribution in [0.1, 0.15) is 20.1 Å². The van der Waals surface area contributed by atoms with Crippen LogP contribution in [-0.4, -0.2) is 79.6 Å². The van der Waals surface area contributed by atoms with Gasteiger partial charge >= 0.3 is 13.7 Å². The molecule has 0 radical (unpaired) electrons. The quantitative estimate of drug-likeness (QED) is 0.143. The van der Waals surface area contributed by atoms with E-state index in [1.165, 1.54) is 30.0 Å². The Labute approximate surface area is 232 Å². The third kappa shape index (κ3) is 4.46. The third-order valence-corrected chi connectivity index (χ3v) is 8.81. The average molecular weight is 600 g/mol. The van der Waals surface area contributed by atoms with Crippen molar-refractivity contribution in [1.82, 2.24) is 24.6 Å². The van der Waals surface area contributed by atoms with Gasteiger partial charge in [-0.3, -0.25) is 13.9 Å². The van der Waals surface area contributed by atoms with Gasteiger partial charge in [-0.15, -0.1) is 11.6 Å². The molecule has 7 atom stereocenters. The number of aliphatic hydroxyl groups is 1. The first-order valence-electron chi connectivity index (χ1n) is 12.3. The highest BCUT2D eigenvalue weighted by Gasteiger charge is 2.90. The number of rotatable bonds is 11. The number of carbonyl (C=O) groups is 1. The number of nitrogens with one attached hydrogen (secondary N) is 2. The Balaban J connectivity index is 1.44. The number of para-hydroxylation sites is 1. The normalized spacial score (nSPS) is 29.4. The van der Waals surface area contributed by atoms with Crippen molar-refractivity contribution in [2.45, 2.75) is 49.6 Å². The second-order valence-corrected chi connectivity index (χ2v) is 11.2. The maximum Gasteiger partial charge on any atom is 0.459 e. The second kappa shape index (κ2) is 10.4. The summed E-state index contributed by atoms with van der Waals surface area (Å²) in [5.74, 6) is -0.809. The number of imidazole rings is 1. The Hall–Kier alpha value is -3.07. The van der Waals surface area contributed by atoms with Gasteiger partial charge in [-0.2, -0.15) is 15.1 Å². The first-order chi connectivity index (χ1) is 19.0. The fourth-order valence-electron chi connectivity index (χ4n) is 4.77. The summed E-state index contributed by atoms with van der Waals surface area (Å²) in [5, 5.41) is 16.8. The number of hydrogen-bond donors (Lipinski definition) is 4. The number of ether oxygens (including phenoxy) is 2. The van der Waals surface area contributed by atoms with Crippen LogP contribution >= 0.6 is 19.3 Å². The van der Waals surface area contributed by atoms with Gasteiger partial charge in [0.25, 0.3) is 0 Å². The fourth-order valence-corrected chi connectivity index (χ4v) is 6.93. The minimum absolute atomic E-state index is 0.0847. The Bertz CT molecular complexity index is 1460. The number of fused-ring (bicyclic) bond motifs is 2. The van der Waals surface area contributed by atoms with E-state index in [0.717, 1.165) is 0 Å². The largest absolute Gasteiger partial charge is 0.465 e. The fraction of sp³-hybridized carbons (Fsp3) is 0.478.